The van der Waals surface area contributed by atoms with E-state index in [1.807, 2.05) is 49.4 Å². The molecule has 2 fully saturated rings. The average Bonchev–Trinajstić information content (AvgIpc) is 3.47. The van der Waals surface area contributed by atoms with Crippen molar-refractivity contribution in [1.82, 2.24) is 4.90 Å². The summed E-state index contributed by atoms with van der Waals surface area (Å²) in [6, 6.07) is 12.9. The van der Waals surface area contributed by atoms with E-state index in [4.69, 9.17) is 9.47 Å². The quantitative estimate of drug-likeness (QED) is 0.133. The Kier molecular flexibility index (Phi) is 9.05. The van der Waals surface area contributed by atoms with Gasteiger partial charge in [0.15, 0.2) is 5.60 Å². The Balaban J connectivity index is 1.34. The highest BCUT2D eigenvalue weighted by atomic mass is 28.4. The van der Waals surface area contributed by atoms with Gasteiger partial charge in [0.2, 0.25) is 20.2 Å². The molecule has 2 saturated heterocycles. The third kappa shape index (κ3) is 5.78. The number of carbonyl (C=O) groups is 4. The van der Waals surface area contributed by atoms with Crippen LogP contribution in [0.15, 0.2) is 42.5 Å². The number of ether oxygens (including phenoxy) is 2. The van der Waals surface area contributed by atoms with E-state index in [0.717, 1.165) is 11.1 Å². The van der Waals surface area contributed by atoms with E-state index >= 15 is 4.11 Å². The van der Waals surface area contributed by atoms with Crippen molar-refractivity contribution >= 4 is 43.5 Å². The molecule has 1 spiro atoms. The number of aliphatic hydroxyl groups excluding tert-OH is 1. The standard InChI is InChI=1S/C35H44FN3O7Si/c1-22-33(47(3,4)36)29(19-31(42)39-20-24-10-6-5-9-23(24)17-26(39)21-40)46-35(22)27-18-25(37-16-14-30(37)41)12-13-28(27)38(34(35)44)15-8-7-11-32(43)45-2/h5-6,9-10,12-13,18,22,26,29,33,40H,7-8,11,14-17,19-21H2,1-4H3/t22-,26-,29+,33-,35+/m0/s1. The molecule has 4 aliphatic rings. The number of methoxy groups -OCH3 is 1. The highest BCUT2D eigenvalue weighted by Gasteiger charge is 2.67. The predicted octanol–water partition coefficient (Wildman–Crippen LogP) is 4.22. The maximum atomic E-state index is 16.4. The van der Waals surface area contributed by atoms with E-state index in [-0.39, 0.29) is 43.1 Å². The summed E-state index contributed by atoms with van der Waals surface area (Å²) in [5, 5.41) is 10.2. The summed E-state index contributed by atoms with van der Waals surface area (Å²) in [6.07, 6.45) is 1.25. The molecule has 2 aromatic carbocycles. The highest BCUT2D eigenvalue weighted by molar-refractivity contribution is 6.72. The number of amides is 3. The predicted molar refractivity (Wildman–Crippen MR) is 176 cm³/mol. The molecule has 6 rings (SSSR count). The molecule has 252 valence electrons. The summed E-state index contributed by atoms with van der Waals surface area (Å²) in [5.74, 6) is -1.50. The van der Waals surface area contributed by atoms with Gasteiger partial charge in [0.25, 0.3) is 5.91 Å². The first-order valence-electron chi connectivity index (χ1n) is 16.6. The minimum absolute atomic E-state index is 0.0106. The number of hydrogen-bond acceptors (Lipinski definition) is 7. The SMILES string of the molecule is COC(=O)CCCCN1C(=O)[C@]2(O[C@H](CC(=O)N3Cc4ccccc4C[C@H]3CO)[C@@H]([Si](C)(C)F)[C@@H]2C)c2cc(N3CCC3=O)ccc21. The van der Waals surface area contributed by atoms with E-state index in [1.54, 1.807) is 27.8 Å². The number of nitrogens with zero attached hydrogens (tertiary/aromatic N) is 3. The van der Waals surface area contributed by atoms with Gasteiger partial charge >= 0.3 is 5.97 Å². The van der Waals surface area contributed by atoms with Crippen LogP contribution in [0, 0.1) is 5.92 Å². The Morgan fingerprint density at radius 2 is 1.87 bits per heavy atom. The Labute approximate surface area is 276 Å². The molecule has 0 bridgehead atoms. The van der Waals surface area contributed by atoms with Crippen LogP contribution in [0.2, 0.25) is 18.6 Å². The lowest BCUT2D eigenvalue weighted by Crippen LogP contribution is -2.48. The fourth-order valence-electron chi connectivity index (χ4n) is 8.19. The van der Waals surface area contributed by atoms with Gasteiger partial charge in [0.05, 0.1) is 38.0 Å². The summed E-state index contributed by atoms with van der Waals surface area (Å²) in [6.45, 7) is 6.07. The summed E-state index contributed by atoms with van der Waals surface area (Å²) < 4.78 is 28.0. The van der Waals surface area contributed by atoms with Gasteiger partial charge < -0.3 is 33.4 Å². The Morgan fingerprint density at radius 1 is 1.13 bits per heavy atom. The van der Waals surface area contributed by atoms with Crippen molar-refractivity contribution in [2.24, 2.45) is 5.92 Å². The van der Waals surface area contributed by atoms with Crippen LogP contribution in [0.3, 0.4) is 0 Å². The number of halogens is 1. The van der Waals surface area contributed by atoms with Crippen molar-refractivity contribution in [3.05, 3.63) is 59.2 Å². The second-order valence-electron chi connectivity index (χ2n) is 13.8. The third-order valence-electron chi connectivity index (χ3n) is 10.6. The second kappa shape index (κ2) is 12.8. The molecule has 4 heterocycles. The molecule has 0 aromatic heterocycles. The molecule has 2 aromatic rings. The number of carbonyl (C=O) groups excluding carboxylic acids is 4. The molecule has 0 aliphatic carbocycles. The molecule has 5 atom stereocenters. The topological polar surface area (TPSA) is 117 Å². The average molecular weight is 666 g/mol. The lowest BCUT2D eigenvalue weighted by Gasteiger charge is -2.37. The summed E-state index contributed by atoms with van der Waals surface area (Å²) in [5.41, 5.74) is 1.75. The fourth-order valence-corrected chi connectivity index (χ4v) is 10.7. The molecule has 10 nitrogen and oxygen atoms in total. The molecule has 4 aliphatic heterocycles. The van der Waals surface area contributed by atoms with Crippen molar-refractivity contribution in [3.8, 4) is 0 Å². The van der Waals surface area contributed by atoms with Crippen molar-refractivity contribution in [2.75, 3.05) is 36.6 Å². The number of rotatable bonds is 10. The van der Waals surface area contributed by atoms with Gasteiger partial charge in [0, 0.05) is 55.2 Å². The van der Waals surface area contributed by atoms with Crippen molar-refractivity contribution in [2.45, 2.75) is 88.4 Å². The number of aliphatic hydroxyl groups is 1. The molecule has 0 saturated carbocycles. The van der Waals surface area contributed by atoms with Crippen molar-refractivity contribution < 1.29 is 37.9 Å². The van der Waals surface area contributed by atoms with E-state index in [2.05, 4.69) is 0 Å². The monoisotopic (exact) mass is 665 g/mol. The van der Waals surface area contributed by atoms with Crippen LogP contribution in [0.1, 0.15) is 55.7 Å². The summed E-state index contributed by atoms with van der Waals surface area (Å²) in [4.78, 5) is 57.8. The number of esters is 1. The second-order valence-corrected chi connectivity index (χ2v) is 17.6. The molecule has 3 amide bonds. The van der Waals surface area contributed by atoms with Gasteiger partial charge in [0.1, 0.15) is 0 Å². The normalized spacial score (nSPS) is 26.8. The van der Waals surface area contributed by atoms with Gasteiger partial charge in [-0.15, -0.1) is 0 Å². The van der Waals surface area contributed by atoms with E-state index in [1.165, 1.54) is 7.11 Å². The number of anilines is 2. The Bertz CT molecular complexity index is 1580. The first kappa shape index (κ1) is 33.3. The van der Waals surface area contributed by atoms with Crippen LogP contribution in [0.4, 0.5) is 15.5 Å². The lowest BCUT2D eigenvalue weighted by atomic mass is 9.82. The van der Waals surface area contributed by atoms with Crippen molar-refractivity contribution in [3.63, 3.8) is 0 Å². The maximum absolute atomic E-state index is 16.4. The molecule has 47 heavy (non-hydrogen) atoms. The zero-order valence-electron chi connectivity index (χ0n) is 27.5. The van der Waals surface area contributed by atoms with Gasteiger partial charge in [-0.3, -0.25) is 19.2 Å². The molecular weight excluding hydrogens is 621 g/mol. The van der Waals surface area contributed by atoms with Crippen molar-refractivity contribution in [1.29, 1.82) is 0 Å². The van der Waals surface area contributed by atoms with E-state index in [0.29, 0.717) is 62.3 Å². The van der Waals surface area contributed by atoms with E-state index < -0.39 is 37.6 Å². The highest BCUT2D eigenvalue weighted by Crippen LogP contribution is 2.60. The Hall–Kier alpha value is -3.61. The zero-order chi connectivity index (χ0) is 33.7. The minimum atomic E-state index is -3.54. The fraction of sp³-hybridized carbons (Fsp3) is 0.543. The third-order valence-corrected chi connectivity index (χ3v) is 13.1. The first-order chi connectivity index (χ1) is 22.4. The first-order valence-corrected chi connectivity index (χ1v) is 19.5. The van der Waals surface area contributed by atoms with Gasteiger partial charge in [-0.2, -0.15) is 0 Å². The molecule has 12 heteroatoms. The van der Waals surface area contributed by atoms with Crippen LogP contribution in [0.5, 0.6) is 0 Å². The molecular formula is C35H44FN3O7Si. The Morgan fingerprint density at radius 3 is 2.51 bits per heavy atom. The largest absolute Gasteiger partial charge is 0.469 e. The maximum Gasteiger partial charge on any atom is 0.305 e. The number of benzene rings is 2. The summed E-state index contributed by atoms with van der Waals surface area (Å²) in [7, 11) is -2.20. The number of β-lactam (4-membered cyclic amide) rings is 1. The molecule has 0 unspecified atom stereocenters. The van der Waals surface area contributed by atoms with Gasteiger partial charge in [-0.25, -0.2) is 0 Å². The van der Waals surface area contributed by atoms with Crippen LogP contribution in [-0.4, -0.2) is 81.1 Å². The molecule has 0 radical (unpaired) electrons. The van der Waals surface area contributed by atoms with Crippen LogP contribution >= 0.6 is 0 Å². The summed E-state index contributed by atoms with van der Waals surface area (Å²) >= 11 is 0. The van der Waals surface area contributed by atoms with Gasteiger partial charge in [-0.05, 0) is 61.7 Å². The number of hydrogen-bond donors (Lipinski definition) is 1. The van der Waals surface area contributed by atoms with Gasteiger partial charge in [-0.1, -0.05) is 31.2 Å². The number of unbranched alkanes of at least 4 members (excludes halogenated alkanes) is 1. The minimum Gasteiger partial charge on any atom is -0.469 e. The van der Waals surface area contributed by atoms with Crippen LogP contribution in [-0.2, 0) is 47.2 Å². The number of fused-ring (bicyclic) bond motifs is 3. The molecule has 1 N–H and O–H groups in total. The van der Waals surface area contributed by atoms with Crippen LogP contribution in [0.25, 0.3) is 0 Å². The van der Waals surface area contributed by atoms with E-state index in [9.17, 15) is 24.3 Å². The lowest BCUT2D eigenvalue weighted by molar-refractivity contribution is -0.151. The smallest absolute Gasteiger partial charge is 0.305 e. The zero-order valence-corrected chi connectivity index (χ0v) is 28.5. The van der Waals surface area contributed by atoms with Crippen LogP contribution < -0.4 is 9.80 Å².